The van der Waals surface area contributed by atoms with Gasteiger partial charge in [-0.3, -0.25) is 0 Å². The molecule has 1 fully saturated rings. The quantitative estimate of drug-likeness (QED) is 0.365. The predicted molar refractivity (Wildman–Crippen MR) is 139 cm³/mol. The summed E-state index contributed by atoms with van der Waals surface area (Å²) in [6, 6.07) is 7.56. The predicted octanol–water partition coefficient (Wildman–Crippen LogP) is 2.76. The Kier molecular flexibility index (Phi) is 6.73. The maximum atomic E-state index is 13.5. The third-order valence-corrected chi connectivity index (χ3v) is 8.48. The first-order valence-corrected chi connectivity index (χ1v) is 13.4. The highest BCUT2D eigenvalue weighted by molar-refractivity contribution is 7.87. The van der Waals surface area contributed by atoms with Crippen LogP contribution in [0.5, 0.6) is 0 Å². The van der Waals surface area contributed by atoms with Crippen LogP contribution in [0.25, 0.3) is 16.9 Å². The first-order chi connectivity index (χ1) is 17.7. The molecule has 12 heteroatoms. The summed E-state index contributed by atoms with van der Waals surface area (Å²) >= 11 is 0. The van der Waals surface area contributed by atoms with Crippen LogP contribution in [0.15, 0.2) is 36.8 Å². The Hall–Kier alpha value is -3.35. The van der Waals surface area contributed by atoms with E-state index in [4.69, 9.17) is 14.8 Å². The number of halogens is 1. The van der Waals surface area contributed by atoms with Gasteiger partial charge in [-0.25, -0.2) is 22.8 Å². The van der Waals surface area contributed by atoms with Crippen molar-refractivity contribution in [3.8, 4) is 11.3 Å². The van der Waals surface area contributed by atoms with Crippen LogP contribution in [0, 0.1) is 13.8 Å². The summed E-state index contributed by atoms with van der Waals surface area (Å²) < 4.78 is 48.4. The topological polar surface area (TPSA) is 97.9 Å². The van der Waals surface area contributed by atoms with E-state index in [2.05, 4.69) is 9.88 Å². The van der Waals surface area contributed by atoms with Gasteiger partial charge in [0.25, 0.3) is 0 Å². The molecule has 3 aromatic heterocycles. The molecule has 0 aliphatic carbocycles. The zero-order chi connectivity index (χ0) is 26.3. The molecule has 10 nitrogen and oxygen atoms in total. The Morgan fingerprint density at radius 2 is 1.86 bits per heavy atom. The van der Waals surface area contributed by atoms with Gasteiger partial charge in [-0.15, -0.1) is 5.10 Å². The third kappa shape index (κ3) is 4.60. The summed E-state index contributed by atoms with van der Waals surface area (Å²) in [7, 11) is -0.771. The normalized spacial score (nSPS) is 14.7. The molecule has 1 aromatic carbocycles. The highest BCUT2D eigenvalue weighted by Crippen LogP contribution is 2.30. The van der Waals surface area contributed by atoms with Gasteiger partial charge in [0.1, 0.15) is 13.0 Å². The lowest BCUT2D eigenvalue weighted by Gasteiger charge is -2.28. The zero-order valence-corrected chi connectivity index (χ0v) is 22.2. The van der Waals surface area contributed by atoms with Crippen molar-refractivity contribution in [2.24, 2.45) is 0 Å². The highest BCUT2D eigenvalue weighted by atomic mass is 32.2. The van der Waals surface area contributed by atoms with Gasteiger partial charge in [0, 0.05) is 39.8 Å². The summed E-state index contributed by atoms with van der Waals surface area (Å²) in [5.74, 6) is 0.726. The number of rotatable bonds is 7. The number of nitrogens with zero attached hydrogens (tertiary/aromatic N) is 7. The Labute approximate surface area is 215 Å². The van der Waals surface area contributed by atoms with E-state index < -0.39 is 16.9 Å². The van der Waals surface area contributed by atoms with Gasteiger partial charge in [0.05, 0.1) is 35.9 Å². The van der Waals surface area contributed by atoms with Crippen molar-refractivity contribution in [1.29, 1.82) is 0 Å². The van der Waals surface area contributed by atoms with Crippen LogP contribution >= 0.6 is 0 Å². The van der Waals surface area contributed by atoms with Crippen molar-refractivity contribution < 1.29 is 17.5 Å². The molecule has 0 unspecified atom stereocenters. The van der Waals surface area contributed by atoms with Crippen molar-refractivity contribution in [3.63, 3.8) is 0 Å². The molecule has 1 aliphatic heterocycles. The molecular weight excluding hydrogens is 497 g/mol. The number of fused-ring (bicyclic) bond motifs is 1. The molecule has 0 radical (unpaired) electrons. The number of morpholine rings is 1. The van der Waals surface area contributed by atoms with Crippen LogP contribution in [0.4, 0.5) is 10.2 Å². The van der Waals surface area contributed by atoms with E-state index in [1.54, 1.807) is 6.07 Å². The fourth-order valence-corrected chi connectivity index (χ4v) is 5.29. The van der Waals surface area contributed by atoms with Crippen LogP contribution < -0.4 is 4.90 Å². The van der Waals surface area contributed by atoms with Crippen LogP contribution in [0.1, 0.15) is 28.1 Å². The molecule has 0 bridgehead atoms. The van der Waals surface area contributed by atoms with E-state index in [0.29, 0.717) is 55.2 Å². The summed E-state index contributed by atoms with van der Waals surface area (Å²) in [6.45, 7) is 5.88. The molecule has 0 saturated carbocycles. The summed E-state index contributed by atoms with van der Waals surface area (Å²) in [6.07, 6.45) is 3.31. The van der Waals surface area contributed by atoms with E-state index in [9.17, 15) is 12.8 Å². The van der Waals surface area contributed by atoms with Crippen LogP contribution in [-0.2, 0) is 28.0 Å². The van der Waals surface area contributed by atoms with Gasteiger partial charge in [-0.1, -0.05) is 18.2 Å². The molecule has 0 amide bonds. The lowest BCUT2D eigenvalue weighted by Crippen LogP contribution is -2.37. The number of hydrogen-bond donors (Lipinski definition) is 0. The first kappa shape index (κ1) is 25.3. The lowest BCUT2D eigenvalue weighted by molar-refractivity contribution is 0.122. The van der Waals surface area contributed by atoms with E-state index in [1.807, 2.05) is 36.6 Å². The Balaban J connectivity index is 1.68. The third-order valence-electron chi connectivity index (χ3n) is 6.82. The van der Waals surface area contributed by atoms with Crippen LogP contribution in [0.2, 0.25) is 0 Å². The average molecular weight is 528 g/mol. The molecule has 0 spiro atoms. The van der Waals surface area contributed by atoms with E-state index in [0.717, 1.165) is 36.6 Å². The summed E-state index contributed by atoms with van der Waals surface area (Å²) in [5.41, 5.74) is 5.98. The van der Waals surface area contributed by atoms with Crippen LogP contribution in [0.3, 0.4) is 0 Å². The SMILES string of the molecule is Cc1nc2c(-c3cn(S(=O)(=O)N(C)C)cn3)cc(N3CCOCC3)nn2c1Cc1cccc(CF)c1C. The Morgan fingerprint density at radius 3 is 2.57 bits per heavy atom. The van der Waals surface area contributed by atoms with Crippen molar-refractivity contribution >= 4 is 21.7 Å². The molecule has 4 heterocycles. The Bertz CT molecular complexity index is 1560. The van der Waals surface area contributed by atoms with E-state index >= 15 is 0 Å². The fourth-order valence-electron chi connectivity index (χ4n) is 4.51. The first-order valence-electron chi connectivity index (χ1n) is 12.0. The van der Waals surface area contributed by atoms with E-state index in [1.165, 1.54) is 26.6 Å². The monoisotopic (exact) mass is 527 g/mol. The number of aryl methyl sites for hydroxylation is 1. The van der Waals surface area contributed by atoms with Crippen molar-refractivity contribution in [3.05, 3.63) is 64.9 Å². The molecule has 0 atom stereocenters. The number of hydrogen-bond acceptors (Lipinski definition) is 7. The second kappa shape index (κ2) is 9.84. The fraction of sp³-hybridized carbons (Fsp3) is 0.400. The average Bonchev–Trinajstić information content (AvgIpc) is 3.51. The lowest BCUT2D eigenvalue weighted by atomic mass is 9.99. The largest absolute Gasteiger partial charge is 0.378 e. The van der Waals surface area contributed by atoms with Gasteiger partial charge in [0.2, 0.25) is 0 Å². The molecule has 0 N–H and O–H groups in total. The molecule has 1 saturated heterocycles. The van der Waals surface area contributed by atoms with Crippen molar-refractivity contribution in [2.45, 2.75) is 26.9 Å². The highest BCUT2D eigenvalue weighted by Gasteiger charge is 2.23. The molecule has 1 aliphatic rings. The number of aromatic nitrogens is 5. The molecule has 37 heavy (non-hydrogen) atoms. The second-order valence-electron chi connectivity index (χ2n) is 9.29. The smallest absolute Gasteiger partial charge is 0.308 e. The van der Waals surface area contributed by atoms with Crippen molar-refractivity contribution in [1.82, 2.24) is 27.9 Å². The maximum Gasteiger partial charge on any atom is 0.308 e. The number of alkyl halides is 1. The number of benzene rings is 1. The summed E-state index contributed by atoms with van der Waals surface area (Å²) in [5, 5.41) is 4.95. The molecule has 5 rings (SSSR count). The maximum absolute atomic E-state index is 13.5. The van der Waals surface area contributed by atoms with Gasteiger partial charge >= 0.3 is 10.2 Å². The molecule has 4 aromatic rings. The van der Waals surface area contributed by atoms with Gasteiger partial charge in [-0.05, 0) is 36.6 Å². The van der Waals surface area contributed by atoms with Gasteiger partial charge in [-0.2, -0.15) is 12.7 Å². The Morgan fingerprint density at radius 1 is 1.14 bits per heavy atom. The molecular formula is C25H30FN7O3S. The second-order valence-corrected chi connectivity index (χ2v) is 11.3. The molecule has 196 valence electrons. The zero-order valence-electron chi connectivity index (χ0n) is 21.3. The minimum atomic E-state index is -3.72. The van der Waals surface area contributed by atoms with Gasteiger partial charge in [0.15, 0.2) is 11.5 Å². The number of ether oxygens (including phenoxy) is 1. The standard InChI is InChI=1S/C25H30FN7O3S/c1-17-19(6-5-7-20(17)14-26)12-23-18(2)28-25-21(22-15-32(16-27-22)37(34,35)30(3)4)13-24(29-33(23)25)31-8-10-36-11-9-31/h5-7,13,15-16H,8-12,14H2,1-4H3. The minimum Gasteiger partial charge on any atom is -0.378 e. The van der Waals surface area contributed by atoms with E-state index in [-0.39, 0.29) is 0 Å². The van der Waals surface area contributed by atoms with Gasteiger partial charge < -0.3 is 9.64 Å². The minimum absolute atomic E-state index is 0.472. The van der Waals surface area contributed by atoms with Crippen LogP contribution in [-0.4, -0.2) is 76.7 Å². The summed E-state index contributed by atoms with van der Waals surface area (Å²) in [4.78, 5) is 11.4. The number of anilines is 1. The number of imidazole rings is 2. The van der Waals surface area contributed by atoms with Crippen molar-refractivity contribution in [2.75, 3.05) is 45.3 Å².